The highest BCUT2D eigenvalue weighted by molar-refractivity contribution is 7.91. The Morgan fingerprint density at radius 1 is 1.05 bits per heavy atom. The van der Waals surface area contributed by atoms with E-state index >= 15 is 0 Å². The first kappa shape index (κ1) is 28.6. The lowest BCUT2D eigenvalue weighted by Crippen LogP contribution is -2.23. The van der Waals surface area contributed by atoms with Crippen LogP contribution >= 0.6 is 11.6 Å². The molecule has 1 atom stereocenters. The van der Waals surface area contributed by atoms with E-state index in [1.165, 1.54) is 19.1 Å². The number of para-hydroxylation sites is 1. The van der Waals surface area contributed by atoms with Gasteiger partial charge in [0.05, 0.1) is 39.1 Å². The highest BCUT2D eigenvalue weighted by atomic mass is 35.5. The second-order valence-corrected chi connectivity index (χ2v) is 12.8. The maximum atomic E-state index is 13.4. The standard InChI is InChI=1S/C30H33ClN2O5S/c1-18(2)38-29-7-5-4-6-23(29)25-15-27(32)28(16-26(25)31)33-30(35)24(14-19(3)34)21-10-12-22(13-11-21)39(36,37)17-20-8-9-20/h4-7,10-13,15-16,18,20,24H,8-9,14,17,32H2,1-3H3,(H,33,35). The lowest BCUT2D eigenvalue weighted by Gasteiger charge is -2.19. The summed E-state index contributed by atoms with van der Waals surface area (Å²) in [6, 6.07) is 16.9. The van der Waals surface area contributed by atoms with Crippen molar-refractivity contribution in [3.05, 3.63) is 71.2 Å². The van der Waals surface area contributed by atoms with Gasteiger partial charge < -0.3 is 15.8 Å². The molecule has 0 saturated heterocycles. The molecule has 3 aromatic carbocycles. The van der Waals surface area contributed by atoms with Crippen molar-refractivity contribution in [3.8, 4) is 16.9 Å². The lowest BCUT2D eigenvalue weighted by molar-refractivity contribution is -0.123. The minimum Gasteiger partial charge on any atom is -0.490 e. The molecule has 0 heterocycles. The van der Waals surface area contributed by atoms with Crippen molar-refractivity contribution >= 4 is 44.5 Å². The summed E-state index contributed by atoms with van der Waals surface area (Å²) in [4.78, 5) is 25.6. The third-order valence-electron chi connectivity index (χ3n) is 6.54. The quantitative estimate of drug-likeness (QED) is 0.264. The summed E-state index contributed by atoms with van der Waals surface area (Å²) in [6.07, 6.45) is 1.78. The number of halogens is 1. The molecule has 1 saturated carbocycles. The summed E-state index contributed by atoms with van der Waals surface area (Å²) >= 11 is 6.64. The van der Waals surface area contributed by atoms with Crippen LogP contribution in [0.3, 0.4) is 0 Å². The van der Waals surface area contributed by atoms with E-state index in [9.17, 15) is 18.0 Å². The number of Topliss-reactive ketones (excluding diaryl/α,β-unsaturated/α-hetero) is 1. The molecule has 0 spiro atoms. The molecular weight excluding hydrogens is 536 g/mol. The Hall–Kier alpha value is -3.36. The molecule has 1 aliphatic carbocycles. The van der Waals surface area contributed by atoms with Crippen LogP contribution in [0.15, 0.2) is 65.6 Å². The number of ether oxygens (including phenoxy) is 1. The van der Waals surface area contributed by atoms with E-state index < -0.39 is 21.7 Å². The number of ketones is 1. The molecule has 1 amide bonds. The molecule has 0 aromatic heterocycles. The number of carbonyl (C=O) groups is 2. The molecule has 1 unspecified atom stereocenters. The zero-order chi connectivity index (χ0) is 28.3. The van der Waals surface area contributed by atoms with E-state index in [1.54, 1.807) is 24.3 Å². The van der Waals surface area contributed by atoms with Gasteiger partial charge in [0.15, 0.2) is 9.84 Å². The summed E-state index contributed by atoms with van der Waals surface area (Å²) in [7, 11) is -3.39. The van der Waals surface area contributed by atoms with Crippen LogP contribution in [-0.2, 0) is 19.4 Å². The van der Waals surface area contributed by atoms with Crippen molar-refractivity contribution in [2.75, 3.05) is 16.8 Å². The lowest BCUT2D eigenvalue weighted by atomic mass is 9.93. The van der Waals surface area contributed by atoms with Crippen molar-refractivity contribution < 1.29 is 22.7 Å². The normalized spacial score (nSPS) is 14.2. The SMILES string of the molecule is CC(=O)CC(C(=O)Nc1cc(Cl)c(-c2ccccc2OC(C)C)cc1N)c1ccc(S(=O)(=O)CC2CC2)cc1. The van der Waals surface area contributed by atoms with Crippen molar-refractivity contribution in [3.63, 3.8) is 0 Å². The summed E-state index contributed by atoms with van der Waals surface area (Å²) in [5.41, 5.74) is 8.91. The van der Waals surface area contributed by atoms with E-state index in [0.717, 1.165) is 18.4 Å². The van der Waals surface area contributed by atoms with E-state index in [4.69, 9.17) is 22.1 Å². The summed E-state index contributed by atoms with van der Waals surface area (Å²) in [6.45, 7) is 5.28. The Kier molecular flexibility index (Phi) is 8.67. The fourth-order valence-corrected chi connectivity index (χ4v) is 6.38. The molecule has 4 rings (SSSR count). The van der Waals surface area contributed by atoms with Crippen molar-refractivity contribution in [2.45, 2.75) is 57.0 Å². The topological polar surface area (TPSA) is 116 Å². The minimum atomic E-state index is -3.39. The third kappa shape index (κ3) is 7.19. The second kappa shape index (κ2) is 11.8. The second-order valence-electron chi connectivity index (χ2n) is 10.3. The summed E-state index contributed by atoms with van der Waals surface area (Å²) < 4.78 is 31.2. The Bertz CT molecular complexity index is 1480. The number of carbonyl (C=O) groups excluding carboxylic acids is 2. The molecule has 3 N–H and O–H groups in total. The zero-order valence-corrected chi connectivity index (χ0v) is 23.8. The average Bonchev–Trinajstić information content (AvgIpc) is 3.68. The zero-order valence-electron chi connectivity index (χ0n) is 22.2. The maximum Gasteiger partial charge on any atom is 0.232 e. The van der Waals surface area contributed by atoms with Gasteiger partial charge >= 0.3 is 0 Å². The molecule has 0 radical (unpaired) electrons. The van der Waals surface area contributed by atoms with Crippen LogP contribution in [0.5, 0.6) is 5.75 Å². The minimum absolute atomic E-state index is 0.0357. The molecule has 9 heteroatoms. The Morgan fingerprint density at radius 2 is 1.72 bits per heavy atom. The van der Waals surface area contributed by atoms with Gasteiger partial charge in [0.2, 0.25) is 5.91 Å². The predicted octanol–water partition coefficient (Wildman–Crippen LogP) is 6.26. The number of benzene rings is 3. The number of amides is 1. The maximum absolute atomic E-state index is 13.4. The van der Waals surface area contributed by atoms with Crippen molar-refractivity contribution in [1.82, 2.24) is 0 Å². The van der Waals surface area contributed by atoms with Crippen LogP contribution in [0.1, 0.15) is 51.5 Å². The van der Waals surface area contributed by atoms with E-state index in [1.807, 2.05) is 38.1 Å². The molecule has 7 nitrogen and oxygen atoms in total. The van der Waals surface area contributed by atoms with Gasteiger partial charge in [-0.1, -0.05) is 41.9 Å². The summed E-state index contributed by atoms with van der Waals surface area (Å²) in [5, 5.41) is 3.18. The largest absolute Gasteiger partial charge is 0.490 e. The van der Waals surface area contributed by atoms with Crippen LogP contribution in [0, 0.1) is 5.92 Å². The van der Waals surface area contributed by atoms with Gasteiger partial charge in [0.25, 0.3) is 0 Å². The number of nitrogens with two attached hydrogens (primary N) is 1. The van der Waals surface area contributed by atoms with E-state index in [-0.39, 0.29) is 34.9 Å². The highest BCUT2D eigenvalue weighted by Crippen LogP contribution is 2.39. The molecular formula is C30H33ClN2O5S. The molecule has 1 fully saturated rings. The molecule has 39 heavy (non-hydrogen) atoms. The summed E-state index contributed by atoms with van der Waals surface area (Å²) in [5.74, 6) is -0.434. The number of rotatable bonds is 11. The first-order valence-corrected chi connectivity index (χ1v) is 15.0. The van der Waals surface area contributed by atoms with Crippen LogP contribution < -0.4 is 15.8 Å². The van der Waals surface area contributed by atoms with Gasteiger partial charge in [0.1, 0.15) is 11.5 Å². The number of anilines is 2. The fourth-order valence-electron chi connectivity index (χ4n) is 4.42. The monoisotopic (exact) mass is 568 g/mol. The number of sulfone groups is 1. The number of hydrogen-bond acceptors (Lipinski definition) is 6. The van der Waals surface area contributed by atoms with Crippen LogP contribution in [0.4, 0.5) is 11.4 Å². The number of nitrogen functional groups attached to an aromatic ring is 1. The highest BCUT2D eigenvalue weighted by Gasteiger charge is 2.30. The first-order valence-electron chi connectivity index (χ1n) is 12.9. The van der Waals surface area contributed by atoms with Gasteiger partial charge in [0, 0.05) is 17.5 Å². The molecule has 1 aliphatic rings. The van der Waals surface area contributed by atoms with Crippen molar-refractivity contribution in [1.29, 1.82) is 0 Å². The molecule has 206 valence electrons. The van der Waals surface area contributed by atoms with Crippen LogP contribution in [0.25, 0.3) is 11.1 Å². The number of hydrogen-bond donors (Lipinski definition) is 2. The molecule has 3 aromatic rings. The molecule has 0 aliphatic heterocycles. The van der Waals surface area contributed by atoms with Crippen LogP contribution in [0.2, 0.25) is 5.02 Å². The Morgan fingerprint density at radius 3 is 2.33 bits per heavy atom. The average molecular weight is 569 g/mol. The van der Waals surface area contributed by atoms with Gasteiger partial charge in [-0.05, 0) is 75.4 Å². The van der Waals surface area contributed by atoms with Gasteiger partial charge in [-0.3, -0.25) is 9.59 Å². The van der Waals surface area contributed by atoms with Gasteiger partial charge in [-0.2, -0.15) is 0 Å². The smallest absolute Gasteiger partial charge is 0.232 e. The Labute approximate surface area is 234 Å². The Balaban J connectivity index is 1.58. The van der Waals surface area contributed by atoms with Crippen molar-refractivity contribution in [2.24, 2.45) is 5.92 Å². The predicted molar refractivity (Wildman–Crippen MR) is 155 cm³/mol. The van der Waals surface area contributed by atoms with E-state index in [0.29, 0.717) is 33.3 Å². The fraction of sp³-hybridized carbons (Fsp3) is 0.333. The first-order chi connectivity index (χ1) is 18.4. The third-order valence-corrected chi connectivity index (χ3v) is 8.75. The molecule has 0 bridgehead atoms. The number of nitrogens with one attached hydrogen (secondary N) is 1. The van der Waals surface area contributed by atoms with Gasteiger partial charge in [-0.25, -0.2) is 8.42 Å². The van der Waals surface area contributed by atoms with Gasteiger partial charge in [-0.15, -0.1) is 0 Å². The van der Waals surface area contributed by atoms with E-state index in [2.05, 4.69) is 5.32 Å². The van der Waals surface area contributed by atoms with Crippen LogP contribution in [-0.4, -0.2) is 32.0 Å².